The molecule has 3 heterocycles. The number of carbonyl (C=O) groups is 1. The maximum absolute atomic E-state index is 11.9. The zero-order valence-corrected chi connectivity index (χ0v) is 15.1. The van der Waals surface area contributed by atoms with Crippen LogP contribution in [0.5, 0.6) is 0 Å². The molecule has 4 rings (SSSR count). The highest BCUT2D eigenvalue weighted by molar-refractivity contribution is 5.93. The number of amides is 1. The summed E-state index contributed by atoms with van der Waals surface area (Å²) < 4.78 is 7.47. The van der Waals surface area contributed by atoms with Crippen LogP contribution in [0.15, 0.2) is 42.3 Å². The van der Waals surface area contributed by atoms with Gasteiger partial charge < -0.3 is 15.4 Å². The molecule has 2 atom stereocenters. The summed E-state index contributed by atoms with van der Waals surface area (Å²) in [6, 6.07) is 1.43. The van der Waals surface area contributed by atoms with Crippen molar-refractivity contribution in [2.24, 2.45) is 5.73 Å². The molecule has 0 spiro atoms. The minimum atomic E-state index is -0.514. The van der Waals surface area contributed by atoms with Gasteiger partial charge in [-0.05, 0) is 26.3 Å². The van der Waals surface area contributed by atoms with Crippen LogP contribution in [0.4, 0.5) is 5.82 Å². The van der Waals surface area contributed by atoms with Gasteiger partial charge in [0.2, 0.25) is 5.91 Å². The number of primary amides is 1. The van der Waals surface area contributed by atoms with Crippen molar-refractivity contribution < 1.29 is 9.53 Å². The van der Waals surface area contributed by atoms with Crippen LogP contribution in [-0.2, 0) is 15.1 Å². The van der Waals surface area contributed by atoms with E-state index in [-0.39, 0.29) is 12.1 Å². The Morgan fingerprint density at radius 2 is 2.31 bits per heavy atom. The summed E-state index contributed by atoms with van der Waals surface area (Å²) >= 11 is 0. The number of fused-ring (bicyclic) bond motifs is 1. The third kappa shape index (κ3) is 2.68. The van der Waals surface area contributed by atoms with Gasteiger partial charge in [0.05, 0.1) is 30.5 Å². The third-order valence-electron chi connectivity index (χ3n) is 5.22. The van der Waals surface area contributed by atoms with E-state index >= 15 is 0 Å². The van der Waals surface area contributed by atoms with Crippen LogP contribution in [0.3, 0.4) is 0 Å². The third-order valence-corrected chi connectivity index (χ3v) is 5.22. The van der Waals surface area contributed by atoms with Crippen LogP contribution in [0, 0.1) is 0 Å². The van der Waals surface area contributed by atoms with Crippen LogP contribution in [0.1, 0.15) is 20.3 Å². The second-order valence-corrected chi connectivity index (χ2v) is 7.16. The highest BCUT2D eigenvalue weighted by Gasteiger charge is 2.34. The van der Waals surface area contributed by atoms with E-state index in [0.29, 0.717) is 13.2 Å². The Morgan fingerprint density at radius 3 is 3.04 bits per heavy atom. The standard InChI is InChI=1S/C19H23N5O2/c1-13-3-6-19(2,7-4-13)24-15-11-21-8-5-14(15)18(22-24)23-9-10-26-12-16(23)17(20)25/h3-6,8,11,16H,7,9-10,12H2,1-2H3,(H2,20,25). The Labute approximate surface area is 152 Å². The summed E-state index contributed by atoms with van der Waals surface area (Å²) in [5, 5.41) is 5.89. The van der Waals surface area contributed by atoms with Crippen LogP contribution >= 0.6 is 0 Å². The van der Waals surface area contributed by atoms with Gasteiger partial charge in [-0.1, -0.05) is 23.8 Å². The molecule has 1 saturated heterocycles. The molecule has 7 nitrogen and oxygen atoms in total. The molecule has 1 fully saturated rings. The number of nitrogens with two attached hydrogens (primary N) is 1. The molecule has 2 aromatic rings. The second-order valence-electron chi connectivity index (χ2n) is 7.16. The number of hydrogen-bond acceptors (Lipinski definition) is 5. The maximum atomic E-state index is 11.9. The van der Waals surface area contributed by atoms with Gasteiger partial charge >= 0.3 is 0 Å². The molecule has 2 aliphatic rings. The molecule has 136 valence electrons. The first kappa shape index (κ1) is 16.8. The predicted octanol–water partition coefficient (Wildman–Crippen LogP) is 1.74. The molecule has 2 N–H and O–H groups in total. The average molecular weight is 353 g/mol. The molecule has 26 heavy (non-hydrogen) atoms. The Morgan fingerprint density at radius 1 is 1.46 bits per heavy atom. The van der Waals surface area contributed by atoms with Crippen molar-refractivity contribution in [2.75, 3.05) is 24.7 Å². The van der Waals surface area contributed by atoms with Crippen LogP contribution in [-0.4, -0.2) is 46.5 Å². The Balaban J connectivity index is 1.85. The van der Waals surface area contributed by atoms with Gasteiger partial charge in [-0.2, -0.15) is 5.10 Å². The van der Waals surface area contributed by atoms with E-state index in [9.17, 15) is 4.79 Å². The summed E-state index contributed by atoms with van der Waals surface area (Å²) in [6.45, 7) is 5.65. The second kappa shape index (κ2) is 6.25. The largest absolute Gasteiger partial charge is 0.377 e. The van der Waals surface area contributed by atoms with Crippen molar-refractivity contribution in [2.45, 2.75) is 31.8 Å². The lowest BCUT2D eigenvalue weighted by Gasteiger charge is -2.34. The molecule has 7 heteroatoms. The van der Waals surface area contributed by atoms with Crippen molar-refractivity contribution >= 4 is 22.6 Å². The van der Waals surface area contributed by atoms with E-state index in [1.807, 2.05) is 21.8 Å². The number of rotatable bonds is 3. The lowest BCUT2D eigenvalue weighted by molar-refractivity contribution is -0.121. The van der Waals surface area contributed by atoms with Gasteiger partial charge in [0.1, 0.15) is 6.04 Å². The molecule has 2 unspecified atom stereocenters. The molecule has 1 aliphatic heterocycles. The molecule has 1 aliphatic carbocycles. The predicted molar refractivity (Wildman–Crippen MR) is 99.8 cm³/mol. The lowest BCUT2D eigenvalue weighted by atomic mass is 9.91. The molecule has 2 aromatic heterocycles. The fraction of sp³-hybridized carbons (Fsp3) is 0.421. The Bertz CT molecular complexity index is 916. The number of carbonyl (C=O) groups excluding carboxylic acids is 1. The first-order chi connectivity index (χ1) is 12.5. The van der Waals surface area contributed by atoms with Gasteiger partial charge in [0.15, 0.2) is 5.82 Å². The minimum Gasteiger partial charge on any atom is -0.377 e. The number of ether oxygens (including phenoxy) is 1. The minimum absolute atomic E-state index is 0.284. The molecule has 0 aromatic carbocycles. The smallest absolute Gasteiger partial charge is 0.242 e. The fourth-order valence-electron chi connectivity index (χ4n) is 3.61. The normalized spacial score (nSPS) is 26.2. The quantitative estimate of drug-likeness (QED) is 0.908. The first-order valence-electron chi connectivity index (χ1n) is 8.82. The van der Waals surface area contributed by atoms with Crippen LogP contribution in [0.25, 0.3) is 10.9 Å². The summed E-state index contributed by atoms with van der Waals surface area (Å²) in [4.78, 5) is 18.2. The van der Waals surface area contributed by atoms with E-state index < -0.39 is 11.9 Å². The number of aromatic nitrogens is 3. The monoisotopic (exact) mass is 353 g/mol. The molecular weight excluding hydrogens is 330 g/mol. The average Bonchev–Trinajstić information content (AvgIpc) is 3.05. The van der Waals surface area contributed by atoms with E-state index in [4.69, 9.17) is 15.6 Å². The van der Waals surface area contributed by atoms with Gasteiger partial charge in [-0.25, -0.2) is 0 Å². The number of hydrogen-bond donors (Lipinski definition) is 1. The summed E-state index contributed by atoms with van der Waals surface area (Å²) in [7, 11) is 0. The van der Waals surface area contributed by atoms with Crippen molar-refractivity contribution in [3.05, 3.63) is 42.3 Å². The number of pyridine rings is 1. The topological polar surface area (TPSA) is 86.3 Å². The number of allylic oxidation sites excluding steroid dienone is 4. The van der Waals surface area contributed by atoms with Crippen molar-refractivity contribution in [3.8, 4) is 0 Å². The van der Waals surface area contributed by atoms with Crippen molar-refractivity contribution in [1.29, 1.82) is 0 Å². The zero-order chi connectivity index (χ0) is 18.3. The number of anilines is 1. The maximum Gasteiger partial charge on any atom is 0.242 e. The van der Waals surface area contributed by atoms with E-state index in [1.54, 1.807) is 6.20 Å². The van der Waals surface area contributed by atoms with Crippen molar-refractivity contribution in [3.63, 3.8) is 0 Å². The first-order valence-corrected chi connectivity index (χ1v) is 8.82. The summed E-state index contributed by atoms with van der Waals surface area (Å²) in [5.74, 6) is 0.360. The highest BCUT2D eigenvalue weighted by atomic mass is 16.5. The summed E-state index contributed by atoms with van der Waals surface area (Å²) in [6.07, 6.45) is 10.9. The van der Waals surface area contributed by atoms with Crippen LogP contribution < -0.4 is 10.6 Å². The van der Waals surface area contributed by atoms with Crippen LogP contribution in [0.2, 0.25) is 0 Å². The van der Waals surface area contributed by atoms with E-state index in [1.165, 1.54) is 5.57 Å². The Hall–Kier alpha value is -2.67. The van der Waals surface area contributed by atoms with E-state index in [0.717, 1.165) is 23.1 Å². The summed E-state index contributed by atoms with van der Waals surface area (Å²) in [5.41, 5.74) is 7.51. The van der Waals surface area contributed by atoms with E-state index in [2.05, 4.69) is 37.1 Å². The molecule has 0 bridgehead atoms. The number of morpholine rings is 1. The van der Waals surface area contributed by atoms with Gasteiger partial charge in [0.25, 0.3) is 0 Å². The molecule has 1 amide bonds. The fourth-order valence-corrected chi connectivity index (χ4v) is 3.61. The van der Waals surface area contributed by atoms with Gasteiger partial charge in [0, 0.05) is 18.1 Å². The molecule has 0 saturated carbocycles. The lowest BCUT2D eigenvalue weighted by Crippen LogP contribution is -2.53. The van der Waals surface area contributed by atoms with Gasteiger partial charge in [-0.15, -0.1) is 0 Å². The van der Waals surface area contributed by atoms with Crippen molar-refractivity contribution in [1.82, 2.24) is 14.8 Å². The molecular formula is C19H23N5O2. The Kier molecular flexibility index (Phi) is 4.03. The SMILES string of the molecule is CC1=CCC(C)(n2nc(N3CCOCC3C(N)=O)c3ccncc32)C=C1. The zero-order valence-electron chi connectivity index (χ0n) is 15.1. The highest BCUT2D eigenvalue weighted by Crippen LogP contribution is 2.35. The van der Waals surface area contributed by atoms with Gasteiger partial charge in [-0.3, -0.25) is 14.5 Å². The molecule has 0 radical (unpaired) electrons. The number of nitrogens with zero attached hydrogens (tertiary/aromatic N) is 4.